The number of rotatable bonds is 2. The molecule has 3 heterocycles. The van der Waals surface area contributed by atoms with Gasteiger partial charge in [0.2, 0.25) is 5.97 Å². The average molecular weight is 186 g/mol. The van der Waals surface area contributed by atoms with E-state index in [1.54, 1.807) is 0 Å². The maximum atomic E-state index is 13.3. The first-order valence-corrected chi connectivity index (χ1v) is 4.80. The number of piperidine rings is 3. The Kier molecular flexibility index (Phi) is 2.49. The lowest BCUT2D eigenvalue weighted by Crippen LogP contribution is -2.49. The van der Waals surface area contributed by atoms with Crippen molar-refractivity contribution in [2.45, 2.75) is 12.8 Å². The first kappa shape index (κ1) is 8.94. The summed E-state index contributed by atoms with van der Waals surface area (Å²) in [6, 6.07) is 0. The van der Waals surface area contributed by atoms with Crippen LogP contribution in [-0.4, -0.2) is 37.6 Å². The Labute approximate surface area is 77.5 Å². The van der Waals surface area contributed by atoms with Crippen LogP contribution < -0.4 is 0 Å². The Balaban J connectivity index is 2.04. The first-order valence-electron chi connectivity index (χ1n) is 4.80. The largest absolute Gasteiger partial charge is 0.397 e. The molecular weight excluding hydrogens is 171 g/mol. The molecule has 0 amide bonds. The minimum absolute atomic E-state index is 0.0116. The summed E-state index contributed by atoms with van der Waals surface area (Å²) in [5, 5.41) is 3.39. The highest BCUT2D eigenvalue weighted by Crippen LogP contribution is 2.33. The molecule has 3 saturated heterocycles. The second-order valence-corrected chi connectivity index (χ2v) is 3.84. The Morgan fingerprint density at radius 1 is 1.46 bits per heavy atom. The standard InChI is InChI=1S/C9H15FN2O/c1-13-11-9(10)8-6-12-4-2-7(8)3-5-12/h7-8H,2-6H2,1H3. The Morgan fingerprint density at radius 3 is 2.62 bits per heavy atom. The normalized spacial score (nSPS) is 39.2. The number of halogens is 1. The van der Waals surface area contributed by atoms with E-state index in [0.717, 1.165) is 32.5 Å². The van der Waals surface area contributed by atoms with Crippen LogP contribution in [0.15, 0.2) is 5.16 Å². The minimum Gasteiger partial charge on any atom is -0.397 e. The van der Waals surface area contributed by atoms with Crippen molar-refractivity contribution in [2.24, 2.45) is 17.0 Å². The fourth-order valence-electron chi connectivity index (χ4n) is 2.39. The molecule has 3 rings (SSSR count). The van der Waals surface area contributed by atoms with E-state index in [9.17, 15) is 4.39 Å². The van der Waals surface area contributed by atoms with Gasteiger partial charge in [0.1, 0.15) is 7.11 Å². The third-order valence-corrected chi connectivity index (χ3v) is 3.14. The van der Waals surface area contributed by atoms with Crippen LogP contribution in [0.4, 0.5) is 4.39 Å². The summed E-state index contributed by atoms with van der Waals surface area (Å²) in [4.78, 5) is 6.76. The summed E-state index contributed by atoms with van der Waals surface area (Å²) in [6.45, 7) is 3.08. The zero-order valence-electron chi connectivity index (χ0n) is 7.87. The number of hydrogen-bond acceptors (Lipinski definition) is 3. The summed E-state index contributed by atoms with van der Waals surface area (Å²) in [7, 11) is 1.39. The maximum absolute atomic E-state index is 13.3. The Bertz CT molecular complexity index is 212. The van der Waals surface area contributed by atoms with Crippen LogP contribution in [0.25, 0.3) is 0 Å². The summed E-state index contributed by atoms with van der Waals surface area (Å²) < 4.78 is 13.3. The molecule has 1 unspecified atom stereocenters. The fraction of sp³-hybridized carbons (Fsp3) is 0.889. The molecule has 3 aliphatic heterocycles. The topological polar surface area (TPSA) is 24.8 Å². The second kappa shape index (κ2) is 3.62. The van der Waals surface area contributed by atoms with Crippen LogP contribution in [0.2, 0.25) is 0 Å². The maximum Gasteiger partial charge on any atom is 0.231 e. The van der Waals surface area contributed by atoms with Crippen molar-refractivity contribution >= 4 is 5.97 Å². The molecule has 0 aromatic rings. The lowest BCUT2D eigenvalue weighted by molar-refractivity contribution is 0.0742. The third kappa shape index (κ3) is 1.68. The van der Waals surface area contributed by atoms with Gasteiger partial charge in [0, 0.05) is 12.5 Å². The van der Waals surface area contributed by atoms with Gasteiger partial charge in [0.05, 0.1) is 0 Å². The van der Waals surface area contributed by atoms with Crippen LogP contribution in [0.5, 0.6) is 0 Å². The van der Waals surface area contributed by atoms with E-state index in [1.807, 2.05) is 0 Å². The molecule has 2 bridgehead atoms. The number of nitrogens with zero attached hydrogens (tertiary/aromatic N) is 2. The molecule has 0 spiro atoms. The Hall–Kier alpha value is -0.640. The van der Waals surface area contributed by atoms with Gasteiger partial charge in [0.25, 0.3) is 0 Å². The highest BCUT2D eigenvalue weighted by molar-refractivity contribution is 5.77. The van der Waals surface area contributed by atoms with E-state index in [0.29, 0.717) is 5.92 Å². The van der Waals surface area contributed by atoms with E-state index >= 15 is 0 Å². The molecule has 13 heavy (non-hydrogen) atoms. The van der Waals surface area contributed by atoms with Crippen LogP contribution in [0.1, 0.15) is 12.8 Å². The van der Waals surface area contributed by atoms with E-state index < -0.39 is 0 Å². The zero-order valence-corrected chi connectivity index (χ0v) is 7.87. The average Bonchev–Trinajstić information content (AvgIpc) is 2.20. The van der Waals surface area contributed by atoms with Gasteiger partial charge in [0.15, 0.2) is 0 Å². The third-order valence-electron chi connectivity index (χ3n) is 3.14. The molecule has 3 aliphatic rings. The first-order chi connectivity index (χ1) is 6.31. The van der Waals surface area contributed by atoms with Gasteiger partial charge in [-0.05, 0) is 31.8 Å². The van der Waals surface area contributed by atoms with Crippen molar-refractivity contribution in [2.75, 3.05) is 26.7 Å². The highest BCUT2D eigenvalue weighted by atomic mass is 19.1. The van der Waals surface area contributed by atoms with Crippen molar-refractivity contribution in [1.82, 2.24) is 4.90 Å². The lowest BCUT2D eigenvalue weighted by atomic mass is 9.79. The molecule has 4 heteroatoms. The van der Waals surface area contributed by atoms with Gasteiger partial charge in [-0.25, -0.2) is 0 Å². The minimum atomic E-state index is -0.322. The van der Waals surface area contributed by atoms with Crippen LogP contribution >= 0.6 is 0 Å². The summed E-state index contributed by atoms with van der Waals surface area (Å²) in [5.41, 5.74) is 0. The predicted molar refractivity (Wildman–Crippen MR) is 48.2 cm³/mol. The second-order valence-electron chi connectivity index (χ2n) is 3.84. The fourth-order valence-corrected chi connectivity index (χ4v) is 2.39. The molecule has 0 aromatic carbocycles. The van der Waals surface area contributed by atoms with Crippen molar-refractivity contribution in [1.29, 1.82) is 0 Å². The van der Waals surface area contributed by atoms with Gasteiger partial charge < -0.3 is 9.74 Å². The van der Waals surface area contributed by atoms with E-state index in [1.165, 1.54) is 7.11 Å². The van der Waals surface area contributed by atoms with Gasteiger partial charge in [-0.2, -0.15) is 4.39 Å². The van der Waals surface area contributed by atoms with Gasteiger partial charge in [-0.1, -0.05) is 5.16 Å². The summed E-state index contributed by atoms with van der Waals surface area (Å²) in [5.74, 6) is 0.156. The molecular formula is C9H15FN2O. The van der Waals surface area contributed by atoms with E-state index in [2.05, 4.69) is 14.9 Å². The molecule has 0 N–H and O–H groups in total. The van der Waals surface area contributed by atoms with E-state index in [4.69, 9.17) is 0 Å². The van der Waals surface area contributed by atoms with Crippen LogP contribution in [0, 0.1) is 11.8 Å². The Morgan fingerprint density at radius 2 is 2.15 bits per heavy atom. The monoisotopic (exact) mass is 186 g/mol. The molecule has 0 saturated carbocycles. The molecule has 0 aromatic heterocycles. The van der Waals surface area contributed by atoms with E-state index in [-0.39, 0.29) is 11.9 Å². The smallest absolute Gasteiger partial charge is 0.231 e. The molecule has 74 valence electrons. The van der Waals surface area contributed by atoms with Crippen LogP contribution in [0.3, 0.4) is 0 Å². The molecule has 1 atom stereocenters. The molecule has 3 fully saturated rings. The zero-order chi connectivity index (χ0) is 9.26. The van der Waals surface area contributed by atoms with Gasteiger partial charge in [-0.3, -0.25) is 0 Å². The summed E-state index contributed by atoms with van der Waals surface area (Å²) >= 11 is 0. The number of fused-ring (bicyclic) bond motifs is 3. The van der Waals surface area contributed by atoms with Gasteiger partial charge >= 0.3 is 0 Å². The highest BCUT2D eigenvalue weighted by Gasteiger charge is 2.37. The molecule has 3 nitrogen and oxygen atoms in total. The lowest BCUT2D eigenvalue weighted by Gasteiger charge is -2.43. The molecule has 0 aliphatic carbocycles. The van der Waals surface area contributed by atoms with Crippen LogP contribution in [-0.2, 0) is 4.84 Å². The summed E-state index contributed by atoms with van der Waals surface area (Å²) in [6.07, 6.45) is 2.22. The van der Waals surface area contributed by atoms with Crippen molar-refractivity contribution in [3.63, 3.8) is 0 Å². The van der Waals surface area contributed by atoms with Crippen molar-refractivity contribution in [3.8, 4) is 0 Å². The number of oxime groups is 1. The predicted octanol–water partition coefficient (Wildman–Crippen LogP) is 1.26. The van der Waals surface area contributed by atoms with Crippen molar-refractivity contribution in [3.05, 3.63) is 0 Å². The van der Waals surface area contributed by atoms with Crippen molar-refractivity contribution < 1.29 is 9.23 Å². The number of hydrogen-bond donors (Lipinski definition) is 0. The SMILES string of the molecule is CON=C(F)C1CN2CCC1CC2. The molecule has 0 radical (unpaired) electrons. The van der Waals surface area contributed by atoms with Gasteiger partial charge in [-0.15, -0.1) is 0 Å². The quantitative estimate of drug-likeness (QED) is 0.479.